The number of para-hydroxylation sites is 1. The summed E-state index contributed by atoms with van der Waals surface area (Å²) in [6.45, 7) is 6.05. The summed E-state index contributed by atoms with van der Waals surface area (Å²) in [5.41, 5.74) is 3.39. The van der Waals surface area contributed by atoms with E-state index in [2.05, 4.69) is 21.2 Å². The van der Waals surface area contributed by atoms with Crippen LogP contribution in [0.4, 0.5) is 10.5 Å². The van der Waals surface area contributed by atoms with Gasteiger partial charge in [-0.3, -0.25) is 19.3 Å². The van der Waals surface area contributed by atoms with Crippen molar-refractivity contribution in [3.63, 3.8) is 0 Å². The number of anilines is 1. The molecule has 4 rings (SSSR count). The van der Waals surface area contributed by atoms with Crippen molar-refractivity contribution in [2.45, 2.75) is 20.8 Å². The first kappa shape index (κ1) is 30.5. The Labute approximate surface area is 256 Å². The first-order valence-electron chi connectivity index (χ1n) is 12.7. The van der Waals surface area contributed by atoms with E-state index in [-0.39, 0.29) is 35.8 Å². The van der Waals surface area contributed by atoms with Gasteiger partial charge in [0.1, 0.15) is 12.4 Å². The number of carbonyl (C=O) groups is 3. The maximum atomic E-state index is 13.0. The van der Waals surface area contributed by atoms with Crippen molar-refractivity contribution in [2.24, 2.45) is 0 Å². The van der Waals surface area contributed by atoms with Gasteiger partial charge in [-0.05, 0) is 96.0 Å². The smallest absolute Gasteiger partial charge is 0.293 e. The highest BCUT2D eigenvalue weighted by Gasteiger charge is 2.35. The molecule has 1 aliphatic heterocycles. The van der Waals surface area contributed by atoms with Crippen LogP contribution in [0.5, 0.6) is 17.2 Å². The van der Waals surface area contributed by atoms with Gasteiger partial charge in [-0.2, -0.15) is 0 Å². The highest BCUT2D eigenvalue weighted by Crippen LogP contribution is 2.39. The second kappa shape index (κ2) is 13.9. The van der Waals surface area contributed by atoms with Crippen LogP contribution < -0.4 is 19.5 Å². The number of halogens is 2. The van der Waals surface area contributed by atoms with E-state index in [4.69, 9.17) is 25.8 Å². The normalized spacial score (nSPS) is 14.0. The molecule has 1 aliphatic rings. The summed E-state index contributed by atoms with van der Waals surface area (Å²) >= 11 is 10.4. The van der Waals surface area contributed by atoms with E-state index in [1.165, 1.54) is 0 Å². The van der Waals surface area contributed by atoms with Crippen LogP contribution in [0, 0.1) is 13.8 Å². The van der Waals surface area contributed by atoms with E-state index >= 15 is 0 Å². The molecule has 41 heavy (non-hydrogen) atoms. The number of imide groups is 1. The Balaban J connectivity index is 1.43. The van der Waals surface area contributed by atoms with E-state index in [1.807, 2.05) is 39.0 Å². The van der Waals surface area contributed by atoms with Gasteiger partial charge in [0.2, 0.25) is 0 Å². The van der Waals surface area contributed by atoms with E-state index in [1.54, 1.807) is 42.5 Å². The molecular weight excluding hydrogens is 632 g/mol. The summed E-state index contributed by atoms with van der Waals surface area (Å²) in [4.78, 5) is 39.5. The lowest BCUT2D eigenvalue weighted by Gasteiger charge is -2.15. The quantitative estimate of drug-likeness (QED) is 0.217. The first-order chi connectivity index (χ1) is 19.7. The number of nitrogens with one attached hydrogen (secondary N) is 1. The molecule has 0 radical (unpaired) electrons. The third-order valence-electron chi connectivity index (χ3n) is 5.92. The van der Waals surface area contributed by atoms with Crippen molar-refractivity contribution in [2.75, 3.05) is 31.7 Å². The number of hydrogen-bond acceptors (Lipinski definition) is 7. The standard InChI is InChI=1S/C30H28BrClN2O6S/c1-4-38-25-15-20(14-21(31)28(25)40-17-27(35)33-23-10-9-18(2)13-19(23)3)16-26-29(36)34(30(37)41-26)11-12-39-24-8-6-5-7-22(24)32/h5-10,13-16H,4,11-12,17H2,1-3H3,(H,33,35)/b26-16-. The van der Waals surface area contributed by atoms with Gasteiger partial charge in [0.25, 0.3) is 17.1 Å². The van der Waals surface area contributed by atoms with Crippen LogP contribution in [0.25, 0.3) is 6.08 Å². The maximum absolute atomic E-state index is 13.0. The van der Waals surface area contributed by atoms with Crippen molar-refractivity contribution in [1.82, 2.24) is 4.90 Å². The highest BCUT2D eigenvalue weighted by atomic mass is 79.9. The lowest BCUT2D eigenvalue weighted by molar-refractivity contribution is -0.123. The number of benzene rings is 3. The maximum Gasteiger partial charge on any atom is 0.293 e. The van der Waals surface area contributed by atoms with Crippen molar-refractivity contribution in [3.8, 4) is 17.2 Å². The number of thioether (sulfide) groups is 1. The minimum absolute atomic E-state index is 0.0814. The zero-order valence-electron chi connectivity index (χ0n) is 22.7. The molecule has 0 spiro atoms. The summed E-state index contributed by atoms with van der Waals surface area (Å²) < 4.78 is 17.8. The van der Waals surface area contributed by atoms with Crippen LogP contribution in [0.1, 0.15) is 23.6 Å². The summed E-state index contributed by atoms with van der Waals surface area (Å²) in [7, 11) is 0. The number of amides is 3. The Morgan fingerprint density at radius 1 is 1.05 bits per heavy atom. The molecule has 1 heterocycles. The predicted molar refractivity (Wildman–Crippen MR) is 165 cm³/mol. The molecule has 1 saturated heterocycles. The number of nitrogens with zero attached hydrogens (tertiary/aromatic N) is 1. The van der Waals surface area contributed by atoms with Gasteiger partial charge >= 0.3 is 0 Å². The third-order valence-corrected chi connectivity index (χ3v) is 7.72. The zero-order valence-corrected chi connectivity index (χ0v) is 25.8. The average Bonchev–Trinajstić information content (AvgIpc) is 3.18. The summed E-state index contributed by atoms with van der Waals surface area (Å²) in [5.74, 6) is 0.488. The van der Waals surface area contributed by atoms with E-state index < -0.39 is 5.91 Å². The molecule has 0 saturated carbocycles. The fraction of sp³-hybridized carbons (Fsp3) is 0.233. The van der Waals surface area contributed by atoms with Gasteiger partial charge in [0.15, 0.2) is 18.1 Å². The molecular formula is C30H28BrClN2O6S. The molecule has 1 fully saturated rings. The Morgan fingerprint density at radius 3 is 2.56 bits per heavy atom. The third kappa shape index (κ3) is 7.84. The fourth-order valence-electron chi connectivity index (χ4n) is 4.00. The van der Waals surface area contributed by atoms with Gasteiger partial charge in [-0.25, -0.2) is 0 Å². The van der Waals surface area contributed by atoms with E-state index in [9.17, 15) is 14.4 Å². The molecule has 0 aliphatic carbocycles. The molecule has 8 nitrogen and oxygen atoms in total. The number of carbonyl (C=O) groups excluding carboxylic acids is 3. The molecule has 3 aromatic carbocycles. The van der Waals surface area contributed by atoms with Crippen LogP contribution in [0.15, 0.2) is 64.0 Å². The average molecular weight is 660 g/mol. The summed E-state index contributed by atoms with van der Waals surface area (Å²) in [5, 5.41) is 2.92. The van der Waals surface area contributed by atoms with Crippen LogP contribution in [-0.2, 0) is 9.59 Å². The van der Waals surface area contributed by atoms with Crippen LogP contribution >= 0.6 is 39.3 Å². The second-order valence-electron chi connectivity index (χ2n) is 9.03. The molecule has 1 N–H and O–H groups in total. The van der Waals surface area contributed by atoms with Crippen molar-refractivity contribution < 1.29 is 28.6 Å². The number of rotatable bonds is 11. The molecule has 0 atom stereocenters. The lowest BCUT2D eigenvalue weighted by atomic mass is 10.1. The number of ether oxygens (including phenoxy) is 3. The zero-order chi connectivity index (χ0) is 29.5. The van der Waals surface area contributed by atoms with Crippen molar-refractivity contribution in [1.29, 1.82) is 0 Å². The molecule has 0 unspecified atom stereocenters. The van der Waals surface area contributed by atoms with E-state index in [0.717, 1.165) is 27.8 Å². The summed E-state index contributed by atoms with van der Waals surface area (Å²) in [6.07, 6.45) is 1.61. The van der Waals surface area contributed by atoms with Crippen LogP contribution in [-0.4, -0.2) is 48.3 Å². The molecule has 3 amide bonds. The predicted octanol–water partition coefficient (Wildman–Crippen LogP) is 7.25. The van der Waals surface area contributed by atoms with E-state index in [0.29, 0.717) is 44.6 Å². The molecule has 0 bridgehead atoms. The van der Waals surface area contributed by atoms with Gasteiger partial charge in [-0.15, -0.1) is 0 Å². The largest absolute Gasteiger partial charge is 0.490 e. The Bertz CT molecular complexity index is 1510. The minimum atomic E-state index is -0.416. The topological polar surface area (TPSA) is 94.2 Å². The molecule has 214 valence electrons. The first-order valence-corrected chi connectivity index (χ1v) is 14.7. The van der Waals surface area contributed by atoms with Gasteiger partial charge in [-0.1, -0.05) is 41.4 Å². The summed E-state index contributed by atoms with van der Waals surface area (Å²) in [6, 6.07) is 16.2. The number of hydrogen-bond donors (Lipinski definition) is 1. The monoisotopic (exact) mass is 658 g/mol. The van der Waals surface area contributed by atoms with Gasteiger partial charge < -0.3 is 19.5 Å². The SMILES string of the molecule is CCOc1cc(/C=C2\SC(=O)N(CCOc3ccccc3Cl)C2=O)cc(Br)c1OCC(=O)Nc1ccc(C)cc1C. The minimum Gasteiger partial charge on any atom is -0.490 e. The van der Waals surface area contributed by atoms with Gasteiger partial charge in [0.05, 0.1) is 27.6 Å². The molecule has 11 heteroatoms. The molecule has 3 aromatic rings. The second-order valence-corrected chi connectivity index (χ2v) is 11.3. The Hall–Kier alpha value is -3.47. The van der Waals surface area contributed by atoms with Gasteiger partial charge in [0, 0.05) is 5.69 Å². The fourth-order valence-corrected chi connectivity index (χ4v) is 5.63. The Kier molecular flexibility index (Phi) is 10.4. The van der Waals surface area contributed by atoms with Crippen LogP contribution in [0.3, 0.4) is 0 Å². The van der Waals surface area contributed by atoms with Crippen molar-refractivity contribution in [3.05, 3.63) is 85.7 Å². The van der Waals surface area contributed by atoms with Crippen LogP contribution in [0.2, 0.25) is 5.02 Å². The van der Waals surface area contributed by atoms with Crippen molar-refractivity contribution >= 4 is 68.1 Å². The highest BCUT2D eigenvalue weighted by molar-refractivity contribution is 9.10. The Morgan fingerprint density at radius 2 is 1.83 bits per heavy atom. The lowest BCUT2D eigenvalue weighted by Crippen LogP contribution is -2.32. The number of aryl methyl sites for hydroxylation is 2. The molecule has 0 aromatic heterocycles.